The number of nitrogens with zero attached hydrogens (tertiary/aromatic N) is 1. The monoisotopic (exact) mass is 451 g/mol. The van der Waals surface area contributed by atoms with Gasteiger partial charge in [0.05, 0.1) is 12.7 Å². The molecule has 0 saturated heterocycles. The summed E-state index contributed by atoms with van der Waals surface area (Å²) in [6.07, 6.45) is 0. The summed E-state index contributed by atoms with van der Waals surface area (Å²) in [5.41, 5.74) is 3.99. The van der Waals surface area contributed by atoms with Gasteiger partial charge < -0.3 is 14.5 Å². The van der Waals surface area contributed by atoms with Crippen LogP contribution < -0.4 is 15.4 Å². The van der Waals surface area contributed by atoms with E-state index in [-0.39, 0.29) is 11.0 Å². The third-order valence-electron chi connectivity index (χ3n) is 4.60. The molecule has 0 aliphatic carbocycles. The predicted octanol–water partition coefficient (Wildman–Crippen LogP) is 5.59. The normalized spacial score (nSPS) is 10.7. The summed E-state index contributed by atoms with van der Waals surface area (Å²) < 4.78 is 11.2. The number of aromatic nitrogens is 1. The van der Waals surface area contributed by atoms with Gasteiger partial charge in [-0.15, -0.1) is 0 Å². The molecule has 0 spiro atoms. The van der Waals surface area contributed by atoms with E-state index in [1.54, 1.807) is 42.5 Å². The number of para-hydroxylation sites is 1. The van der Waals surface area contributed by atoms with E-state index in [0.717, 1.165) is 11.1 Å². The van der Waals surface area contributed by atoms with E-state index >= 15 is 0 Å². The van der Waals surface area contributed by atoms with Crippen molar-refractivity contribution < 1.29 is 13.9 Å². The number of rotatable bonds is 4. The van der Waals surface area contributed by atoms with Gasteiger partial charge in [0, 0.05) is 16.3 Å². The summed E-state index contributed by atoms with van der Waals surface area (Å²) >= 11 is 11.4. The number of halogens is 1. The van der Waals surface area contributed by atoms with E-state index in [2.05, 4.69) is 15.6 Å². The number of nitrogens with one attached hydrogen (secondary N) is 2. The van der Waals surface area contributed by atoms with Crippen LogP contribution >= 0.6 is 23.8 Å². The number of fused-ring (bicyclic) bond motifs is 1. The summed E-state index contributed by atoms with van der Waals surface area (Å²) in [7, 11) is 1.53. The van der Waals surface area contributed by atoms with Crippen molar-refractivity contribution in [2.45, 2.75) is 6.92 Å². The Labute approximate surface area is 189 Å². The number of aryl methyl sites for hydroxylation is 1. The molecule has 0 radical (unpaired) electrons. The first-order valence-corrected chi connectivity index (χ1v) is 10.2. The van der Waals surface area contributed by atoms with Crippen LogP contribution in [0.3, 0.4) is 0 Å². The van der Waals surface area contributed by atoms with Gasteiger partial charge in [-0.25, -0.2) is 4.98 Å². The summed E-state index contributed by atoms with van der Waals surface area (Å²) in [6.45, 7) is 1.87. The quantitative estimate of drug-likeness (QED) is 0.394. The summed E-state index contributed by atoms with van der Waals surface area (Å²) in [5.74, 6) is 0.626. The number of ether oxygens (including phenoxy) is 1. The fourth-order valence-electron chi connectivity index (χ4n) is 3.19. The van der Waals surface area contributed by atoms with Crippen LogP contribution in [0.5, 0.6) is 5.75 Å². The standard InChI is InChI=1S/C23H18ClN3O3S/c1-13-5-3-8-17(20(13)29-2)21(28)27-23(31)25-16-9-10-19-18(12-16)26-22(30-19)14-6-4-7-15(24)11-14/h3-12H,1-2H3,(H2,25,27,28,31). The molecule has 0 atom stereocenters. The average Bonchev–Trinajstić information content (AvgIpc) is 3.17. The highest BCUT2D eigenvalue weighted by molar-refractivity contribution is 7.80. The molecule has 2 N–H and O–H groups in total. The third kappa shape index (κ3) is 4.52. The lowest BCUT2D eigenvalue weighted by atomic mass is 10.1. The van der Waals surface area contributed by atoms with Crippen molar-refractivity contribution in [3.8, 4) is 17.2 Å². The lowest BCUT2D eigenvalue weighted by Crippen LogP contribution is -2.34. The van der Waals surface area contributed by atoms with Gasteiger partial charge in [0.2, 0.25) is 5.89 Å². The van der Waals surface area contributed by atoms with E-state index < -0.39 is 0 Å². The average molecular weight is 452 g/mol. The molecule has 0 unspecified atom stereocenters. The van der Waals surface area contributed by atoms with E-state index in [1.807, 2.05) is 25.1 Å². The van der Waals surface area contributed by atoms with E-state index in [0.29, 0.717) is 39.0 Å². The fraction of sp³-hybridized carbons (Fsp3) is 0.0870. The molecule has 31 heavy (non-hydrogen) atoms. The number of hydrogen-bond acceptors (Lipinski definition) is 5. The molecular weight excluding hydrogens is 434 g/mol. The Morgan fingerprint density at radius 3 is 2.71 bits per heavy atom. The van der Waals surface area contributed by atoms with Gasteiger partial charge >= 0.3 is 0 Å². The van der Waals surface area contributed by atoms with Crippen LogP contribution in [0.25, 0.3) is 22.6 Å². The maximum absolute atomic E-state index is 12.6. The van der Waals surface area contributed by atoms with Crippen LogP contribution in [-0.2, 0) is 0 Å². The third-order valence-corrected chi connectivity index (χ3v) is 5.04. The molecule has 0 aliphatic heterocycles. The highest BCUT2D eigenvalue weighted by atomic mass is 35.5. The molecule has 1 aromatic heterocycles. The zero-order valence-electron chi connectivity index (χ0n) is 16.7. The first-order chi connectivity index (χ1) is 14.9. The van der Waals surface area contributed by atoms with Crippen molar-refractivity contribution in [3.63, 3.8) is 0 Å². The second-order valence-corrected chi connectivity index (χ2v) is 7.62. The summed E-state index contributed by atoms with van der Waals surface area (Å²) in [5, 5.41) is 6.44. The first kappa shape index (κ1) is 20.8. The predicted molar refractivity (Wildman–Crippen MR) is 126 cm³/mol. The van der Waals surface area contributed by atoms with Gasteiger partial charge in [-0.3, -0.25) is 10.1 Å². The second kappa shape index (κ2) is 8.75. The Morgan fingerprint density at radius 1 is 1.13 bits per heavy atom. The number of thiocarbonyl (C=S) groups is 1. The molecule has 156 valence electrons. The minimum absolute atomic E-state index is 0.159. The van der Waals surface area contributed by atoms with Crippen LogP contribution in [0.4, 0.5) is 5.69 Å². The smallest absolute Gasteiger partial charge is 0.261 e. The number of anilines is 1. The lowest BCUT2D eigenvalue weighted by molar-refractivity contribution is 0.0974. The first-order valence-electron chi connectivity index (χ1n) is 9.37. The Balaban J connectivity index is 1.50. The Kier molecular flexibility index (Phi) is 5.88. The summed E-state index contributed by atoms with van der Waals surface area (Å²) in [4.78, 5) is 17.1. The minimum atomic E-state index is -0.358. The van der Waals surface area contributed by atoms with Gasteiger partial charge in [0.1, 0.15) is 11.3 Å². The maximum atomic E-state index is 12.6. The fourth-order valence-corrected chi connectivity index (χ4v) is 3.59. The Morgan fingerprint density at radius 2 is 1.94 bits per heavy atom. The van der Waals surface area contributed by atoms with Crippen LogP contribution in [-0.4, -0.2) is 23.1 Å². The number of oxazole rings is 1. The zero-order valence-corrected chi connectivity index (χ0v) is 18.3. The molecule has 0 aliphatic rings. The largest absolute Gasteiger partial charge is 0.496 e. The number of methoxy groups -OCH3 is 1. The van der Waals surface area contributed by atoms with E-state index in [1.165, 1.54) is 7.11 Å². The molecule has 4 aromatic rings. The maximum Gasteiger partial charge on any atom is 0.261 e. The molecule has 3 aromatic carbocycles. The SMILES string of the molecule is COc1c(C)cccc1C(=O)NC(=S)Nc1ccc2oc(-c3cccc(Cl)c3)nc2c1. The van der Waals surface area contributed by atoms with Crippen molar-refractivity contribution in [2.24, 2.45) is 0 Å². The zero-order chi connectivity index (χ0) is 22.0. The lowest BCUT2D eigenvalue weighted by Gasteiger charge is -2.13. The van der Waals surface area contributed by atoms with Gasteiger partial charge in [0.25, 0.3) is 5.91 Å². The number of carbonyl (C=O) groups is 1. The van der Waals surface area contributed by atoms with Crippen molar-refractivity contribution in [2.75, 3.05) is 12.4 Å². The minimum Gasteiger partial charge on any atom is -0.496 e. The van der Waals surface area contributed by atoms with Crippen molar-refractivity contribution >= 4 is 51.6 Å². The topological polar surface area (TPSA) is 76.4 Å². The van der Waals surface area contributed by atoms with Crippen LogP contribution in [0.1, 0.15) is 15.9 Å². The van der Waals surface area contributed by atoms with Gasteiger partial charge in [0.15, 0.2) is 10.7 Å². The molecule has 0 bridgehead atoms. The van der Waals surface area contributed by atoms with Gasteiger partial charge in [-0.05, 0) is 67.2 Å². The highest BCUT2D eigenvalue weighted by Gasteiger charge is 2.15. The number of benzene rings is 3. The number of hydrogen-bond donors (Lipinski definition) is 2. The van der Waals surface area contributed by atoms with E-state index in [9.17, 15) is 4.79 Å². The van der Waals surface area contributed by atoms with Crippen molar-refractivity contribution in [1.29, 1.82) is 0 Å². The van der Waals surface area contributed by atoms with Gasteiger partial charge in [-0.2, -0.15) is 0 Å². The Hall–Kier alpha value is -3.42. The molecule has 1 amide bonds. The van der Waals surface area contributed by atoms with E-state index in [4.69, 9.17) is 33.0 Å². The molecule has 1 heterocycles. The molecule has 4 rings (SSSR count). The molecule has 0 saturated carbocycles. The summed E-state index contributed by atoms with van der Waals surface area (Å²) in [6, 6.07) is 18.0. The van der Waals surface area contributed by atoms with Gasteiger partial charge in [-0.1, -0.05) is 29.8 Å². The number of carbonyl (C=O) groups excluding carboxylic acids is 1. The Bertz CT molecular complexity index is 1300. The second-order valence-electron chi connectivity index (χ2n) is 6.78. The molecule has 8 heteroatoms. The highest BCUT2D eigenvalue weighted by Crippen LogP contribution is 2.28. The molecule has 0 fully saturated rings. The number of amides is 1. The molecular formula is C23H18ClN3O3S. The van der Waals surface area contributed by atoms with Crippen molar-refractivity contribution in [1.82, 2.24) is 10.3 Å². The molecule has 6 nitrogen and oxygen atoms in total. The van der Waals surface area contributed by atoms with Crippen LogP contribution in [0.15, 0.2) is 65.1 Å². The van der Waals surface area contributed by atoms with Crippen LogP contribution in [0.2, 0.25) is 5.02 Å². The van der Waals surface area contributed by atoms with Crippen LogP contribution in [0, 0.1) is 6.92 Å². The van der Waals surface area contributed by atoms with Crippen molar-refractivity contribution in [3.05, 3.63) is 76.8 Å².